The van der Waals surface area contributed by atoms with E-state index >= 15 is 0 Å². The normalized spacial score (nSPS) is 28.4. The van der Waals surface area contributed by atoms with Crippen molar-refractivity contribution in [1.29, 1.82) is 0 Å². The molecule has 2 fully saturated rings. The highest BCUT2D eigenvalue weighted by Gasteiger charge is 2.41. The van der Waals surface area contributed by atoms with Crippen molar-refractivity contribution in [3.8, 4) is 0 Å². The number of hydrogen-bond donors (Lipinski definition) is 1. The van der Waals surface area contributed by atoms with Crippen molar-refractivity contribution in [1.82, 2.24) is 9.59 Å². The highest BCUT2D eigenvalue weighted by Crippen LogP contribution is 2.43. The Hall–Kier alpha value is -0.170. The summed E-state index contributed by atoms with van der Waals surface area (Å²) in [6, 6.07) is 0.0790. The molecule has 0 bridgehead atoms. The third-order valence-corrected chi connectivity index (χ3v) is 6.35. The second-order valence-electron chi connectivity index (χ2n) is 5.65. The summed E-state index contributed by atoms with van der Waals surface area (Å²) in [7, 11) is 0. The van der Waals surface area contributed by atoms with Crippen LogP contribution in [0.25, 0.3) is 0 Å². The van der Waals surface area contributed by atoms with Gasteiger partial charge in [0.15, 0.2) is 0 Å². The molecule has 0 saturated carbocycles. The van der Waals surface area contributed by atoms with Crippen molar-refractivity contribution in [2.45, 2.75) is 44.2 Å². The standard InChI is InChI=1S/C13H21N3OS2/c1-9-12(19-16-15-9)11(14)10-2-5-17-13(8-10)3-6-18-7-4-13/h10-11H,2-8,14H2,1H3. The lowest BCUT2D eigenvalue weighted by molar-refractivity contribution is -0.105. The van der Waals surface area contributed by atoms with Gasteiger partial charge in [0.05, 0.1) is 16.2 Å². The molecule has 2 unspecified atom stereocenters. The molecule has 0 radical (unpaired) electrons. The van der Waals surface area contributed by atoms with Crippen LogP contribution in [-0.2, 0) is 4.74 Å². The van der Waals surface area contributed by atoms with Crippen LogP contribution in [0.1, 0.15) is 42.3 Å². The van der Waals surface area contributed by atoms with Gasteiger partial charge in [-0.1, -0.05) is 4.49 Å². The number of thioether (sulfide) groups is 1. The molecule has 3 heterocycles. The summed E-state index contributed by atoms with van der Waals surface area (Å²) in [5, 5.41) is 4.09. The zero-order valence-corrected chi connectivity index (χ0v) is 12.9. The van der Waals surface area contributed by atoms with Gasteiger partial charge in [0.25, 0.3) is 0 Å². The fourth-order valence-corrected chi connectivity index (χ4v) is 5.20. The lowest BCUT2D eigenvalue weighted by Gasteiger charge is -2.44. The van der Waals surface area contributed by atoms with Gasteiger partial charge in [0.1, 0.15) is 0 Å². The van der Waals surface area contributed by atoms with Crippen molar-refractivity contribution in [2.24, 2.45) is 11.7 Å². The van der Waals surface area contributed by atoms with Crippen molar-refractivity contribution in [3.05, 3.63) is 10.6 Å². The first-order valence-corrected chi connectivity index (χ1v) is 8.89. The van der Waals surface area contributed by atoms with E-state index in [4.69, 9.17) is 10.5 Å². The number of aromatic nitrogens is 2. The Morgan fingerprint density at radius 3 is 2.89 bits per heavy atom. The minimum atomic E-state index is 0.0790. The summed E-state index contributed by atoms with van der Waals surface area (Å²) in [6.07, 6.45) is 4.53. The summed E-state index contributed by atoms with van der Waals surface area (Å²) in [6.45, 7) is 2.86. The van der Waals surface area contributed by atoms with Crippen molar-refractivity contribution in [3.63, 3.8) is 0 Å². The largest absolute Gasteiger partial charge is 0.375 e. The molecule has 3 rings (SSSR count). The van der Waals surface area contributed by atoms with Crippen LogP contribution in [0.5, 0.6) is 0 Å². The lowest BCUT2D eigenvalue weighted by atomic mass is 9.78. The molecule has 2 aliphatic rings. The van der Waals surface area contributed by atoms with Gasteiger partial charge in [-0.3, -0.25) is 0 Å². The van der Waals surface area contributed by atoms with Crippen LogP contribution in [0, 0.1) is 12.8 Å². The van der Waals surface area contributed by atoms with Gasteiger partial charge in [-0.2, -0.15) is 11.8 Å². The van der Waals surface area contributed by atoms with Gasteiger partial charge < -0.3 is 10.5 Å². The van der Waals surface area contributed by atoms with Crippen molar-refractivity contribution < 1.29 is 4.74 Å². The number of nitrogens with two attached hydrogens (primary N) is 1. The second-order valence-corrected chi connectivity index (χ2v) is 7.66. The first-order chi connectivity index (χ1) is 9.20. The Kier molecular flexibility index (Phi) is 4.12. The van der Waals surface area contributed by atoms with E-state index in [1.165, 1.54) is 35.9 Å². The molecule has 2 aliphatic heterocycles. The number of rotatable bonds is 2. The smallest absolute Gasteiger partial charge is 0.0772 e. The minimum Gasteiger partial charge on any atom is -0.375 e. The number of hydrogen-bond acceptors (Lipinski definition) is 6. The average Bonchev–Trinajstić information content (AvgIpc) is 2.85. The number of nitrogens with zero attached hydrogens (tertiary/aromatic N) is 2. The van der Waals surface area contributed by atoms with Crippen LogP contribution in [-0.4, -0.2) is 33.3 Å². The van der Waals surface area contributed by atoms with Gasteiger partial charge in [0.2, 0.25) is 0 Å². The van der Waals surface area contributed by atoms with Gasteiger partial charge in [-0.25, -0.2) is 0 Å². The molecule has 2 N–H and O–H groups in total. The number of ether oxygens (including phenoxy) is 1. The SMILES string of the molecule is Cc1nnsc1C(N)C1CCOC2(CCSCC2)C1. The van der Waals surface area contributed by atoms with Gasteiger partial charge >= 0.3 is 0 Å². The minimum absolute atomic E-state index is 0.0790. The maximum absolute atomic E-state index is 6.47. The predicted molar refractivity (Wildman–Crippen MR) is 79.5 cm³/mol. The van der Waals surface area contributed by atoms with Crippen molar-refractivity contribution in [2.75, 3.05) is 18.1 Å². The monoisotopic (exact) mass is 299 g/mol. The highest BCUT2D eigenvalue weighted by atomic mass is 32.2. The van der Waals surface area contributed by atoms with Gasteiger partial charge in [-0.05, 0) is 61.6 Å². The fourth-order valence-electron chi connectivity index (χ4n) is 3.22. The van der Waals surface area contributed by atoms with Gasteiger partial charge in [0, 0.05) is 12.6 Å². The van der Waals surface area contributed by atoms with E-state index in [2.05, 4.69) is 9.59 Å². The maximum Gasteiger partial charge on any atom is 0.0772 e. The van der Waals surface area contributed by atoms with E-state index in [0.29, 0.717) is 5.92 Å². The predicted octanol–water partition coefficient (Wildman–Crippen LogP) is 2.54. The molecule has 2 saturated heterocycles. The Morgan fingerprint density at radius 1 is 1.42 bits per heavy atom. The summed E-state index contributed by atoms with van der Waals surface area (Å²) in [5.74, 6) is 2.96. The molecule has 0 aliphatic carbocycles. The molecule has 19 heavy (non-hydrogen) atoms. The van der Waals surface area contributed by atoms with E-state index < -0.39 is 0 Å². The van der Waals surface area contributed by atoms with Crippen LogP contribution in [0.15, 0.2) is 0 Å². The second kappa shape index (κ2) is 5.68. The summed E-state index contributed by atoms with van der Waals surface area (Å²) < 4.78 is 10.2. The molecule has 0 aromatic carbocycles. The van der Waals surface area contributed by atoms with E-state index in [1.54, 1.807) is 0 Å². The van der Waals surface area contributed by atoms with Crippen LogP contribution in [0.3, 0.4) is 0 Å². The van der Waals surface area contributed by atoms with Crippen molar-refractivity contribution >= 4 is 23.3 Å². The van der Waals surface area contributed by atoms with Crippen LogP contribution < -0.4 is 5.73 Å². The van der Waals surface area contributed by atoms with E-state index in [1.807, 2.05) is 18.7 Å². The third-order valence-electron chi connectivity index (χ3n) is 4.43. The molecule has 4 nitrogen and oxygen atoms in total. The fraction of sp³-hybridized carbons (Fsp3) is 0.846. The molecule has 1 aromatic heterocycles. The molecular formula is C13H21N3OS2. The maximum atomic E-state index is 6.47. The van der Waals surface area contributed by atoms with Crippen LogP contribution >= 0.6 is 23.3 Å². The Labute approximate surface area is 122 Å². The molecular weight excluding hydrogens is 278 g/mol. The molecule has 1 spiro atoms. The van der Waals surface area contributed by atoms with Crippen LogP contribution in [0.4, 0.5) is 0 Å². The van der Waals surface area contributed by atoms with Gasteiger partial charge in [-0.15, -0.1) is 5.10 Å². The van der Waals surface area contributed by atoms with E-state index in [0.717, 1.165) is 30.0 Å². The zero-order valence-electron chi connectivity index (χ0n) is 11.3. The first-order valence-electron chi connectivity index (χ1n) is 6.96. The number of aryl methyl sites for hydroxylation is 1. The van der Waals surface area contributed by atoms with Crippen LogP contribution in [0.2, 0.25) is 0 Å². The molecule has 6 heteroatoms. The van der Waals surface area contributed by atoms with E-state index in [-0.39, 0.29) is 11.6 Å². The molecule has 106 valence electrons. The quantitative estimate of drug-likeness (QED) is 0.909. The Balaban J connectivity index is 1.72. The molecule has 1 aromatic rings. The zero-order chi connectivity index (χ0) is 13.3. The average molecular weight is 299 g/mol. The molecule has 2 atom stereocenters. The third kappa shape index (κ3) is 2.82. The lowest BCUT2D eigenvalue weighted by Crippen LogP contribution is -2.45. The highest BCUT2D eigenvalue weighted by molar-refractivity contribution is 7.99. The summed E-state index contributed by atoms with van der Waals surface area (Å²) in [5.41, 5.74) is 7.58. The van der Waals surface area contributed by atoms with E-state index in [9.17, 15) is 0 Å². The molecule has 0 amide bonds. The first kappa shape index (κ1) is 13.8. The Bertz CT molecular complexity index is 426. The summed E-state index contributed by atoms with van der Waals surface area (Å²) >= 11 is 3.50. The topological polar surface area (TPSA) is 61.0 Å². The Morgan fingerprint density at radius 2 is 2.21 bits per heavy atom. The summed E-state index contributed by atoms with van der Waals surface area (Å²) in [4.78, 5) is 1.16.